The van der Waals surface area contributed by atoms with Gasteiger partial charge in [-0.1, -0.05) is 108 Å². The van der Waals surface area contributed by atoms with E-state index in [2.05, 4.69) is 107 Å². The number of anilines is 1. The second-order valence-corrected chi connectivity index (χ2v) is 23.0. The fourth-order valence-corrected chi connectivity index (χ4v) is 13.2. The van der Waals surface area contributed by atoms with Gasteiger partial charge in [-0.2, -0.15) is 0 Å². The predicted octanol–water partition coefficient (Wildman–Crippen LogP) is 14.8. The number of benzene rings is 6. The van der Waals surface area contributed by atoms with Crippen molar-refractivity contribution < 1.29 is 28.8 Å². The molecular weight excluding hydrogens is 1080 g/mol. The summed E-state index contributed by atoms with van der Waals surface area (Å²) < 4.78 is 0. The molecule has 10 bridgehead atoms. The number of nitrogens with zero attached hydrogens (tertiary/aromatic N) is 2. The van der Waals surface area contributed by atoms with Crippen LogP contribution in [-0.4, -0.2) is 54.9 Å². The number of allylic oxidation sites excluding steroid dienone is 6. The highest BCUT2D eigenvalue weighted by atomic mass is 16.2. The first-order valence-electron chi connectivity index (χ1n) is 28.9. The second-order valence-electron chi connectivity index (χ2n) is 23.0. The first kappa shape index (κ1) is 52.6. The van der Waals surface area contributed by atoms with E-state index in [9.17, 15) is 28.8 Å². The molecule has 9 aromatic rings. The lowest BCUT2D eigenvalue weighted by Crippen LogP contribution is -2.31. The first-order chi connectivity index (χ1) is 42.3. The number of hydrogen-bond donors (Lipinski definition) is 4. The molecule has 2 amide bonds. The number of carbonyl (C=O) groups is 6. The third-order valence-electron chi connectivity index (χ3n) is 17.5. The van der Waals surface area contributed by atoms with E-state index in [1.54, 1.807) is 30.3 Å². The second kappa shape index (κ2) is 20.5. The zero-order chi connectivity index (χ0) is 59.4. The Morgan fingerprint density at radius 2 is 0.805 bits per heavy atom. The fraction of sp³-hybridized carbons (Fsp3) is 0.0933. The molecule has 6 aliphatic rings. The number of fused-ring (bicyclic) bond motifs is 15. The lowest BCUT2D eigenvalue weighted by atomic mass is 9.72. The SMILES string of the molecule is Cc1ccc(NC(=O)c2ccc(-c3c4nc(c(-c5ccc(C)cc5)c5ccc([nH]5)c(-c5ccc(C(=O)NCc6ccc7c(c6)C(=O)C6=C(C7=O)C7CC6C6=C7C(=O)C=CC6=O)cc5)c5nc(c(-c6ccc(C)cc6)c6ccc3[nH]6)C=C5)C=C4)cc2)cc1. The summed E-state index contributed by atoms with van der Waals surface area (Å²) in [5, 5.41) is 6.04. The number of Topliss-reactive ketones (excluding diaryl/α,β-unsaturated/α-hetero) is 2. The van der Waals surface area contributed by atoms with Gasteiger partial charge in [0, 0.05) is 113 Å². The Balaban J connectivity index is 0.809. The molecule has 0 fully saturated rings. The molecule has 4 aliphatic carbocycles. The van der Waals surface area contributed by atoms with Crippen molar-refractivity contribution in [1.82, 2.24) is 25.3 Å². The summed E-state index contributed by atoms with van der Waals surface area (Å²) in [7, 11) is 0. The Labute approximate surface area is 499 Å². The van der Waals surface area contributed by atoms with Gasteiger partial charge in [0.15, 0.2) is 23.1 Å². The Kier molecular flexibility index (Phi) is 12.4. The van der Waals surface area contributed by atoms with Gasteiger partial charge >= 0.3 is 0 Å². The summed E-state index contributed by atoms with van der Waals surface area (Å²) in [6.45, 7) is 6.21. The van der Waals surface area contributed by atoms with E-state index in [1.165, 1.54) is 12.2 Å². The lowest BCUT2D eigenvalue weighted by molar-refractivity contribution is -0.115. The number of carbonyl (C=O) groups excluding carboxylic acids is 6. The lowest BCUT2D eigenvalue weighted by Gasteiger charge is -2.28. The Bertz CT molecular complexity index is 4870. The van der Waals surface area contributed by atoms with Crippen molar-refractivity contribution in [3.63, 3.8) is 0 Å². The largest absolute Gasteiger partial charge is 0.354 e. The molecule has 3 aromatic heterocycles. The number of hydrogen-bond acceptors (Lipinski definition) is 8. The van der Waals surface area contributed by atoms with Gasteiger partial charge in [-0.15, -0.1) is 0 Å². The van der Waals surface area contributed by atoms with Gasteiger partial charge in [-0.25, -0.2) is 9.97 Å². The van der Waals surface area contributed by atoms with E-state index < -0.39 is 11.8 Å². The monoisotopic (exact) mass is 1130 g/mol. The molecule has 2 atom stereocenters. The van der Waals surface area contributed by atoms with Crippen LogP contribution in [-0.2, 0) is 16.1 Å². The zero-order valence-corrected chi connectivity index (χ0v) is 47.5. The number of nitrogens with one attached hydrogen (secondary N) is 4. The highest BCUT2D eigenvalue weighted by molar-refractivity contribution is 6.32. The van der Waals surface area contributed by atoms with E-state index in [0.29, 0.717) is 51.1 Å². The van der Waals surface area contributed by atoms with Crippen LogP contribution < -0.4 is 10.6 Å². The summed E-state index contributed by atoms with van der Waals surface area (Å²) in [6, 6.07) is 52.8. The van der Waals surface area contributed by atoms with E-state index in [1.807, 2.05) is 91.9 Å². The average molecular weight is 1130 g/mol. The van der Waals surface area contributed by atoms with Crippen molar-refractivity contribution >= 4 is 87.0 Å². The van der Waals surface area contributed by atoms with Crippen molar-refractivity contribution in [2.24, 2.45) is 11.8 Å². The number of aryl methyl sites for hydroxylation is 3. The van der Waals surface area contributed by atoms with Crippen LogP contribution in [0.5, 0.6) is 0 Å². The quantitative estimate of drug-likeness (QED) is 0.103. The molecular formula is C75H52N6O6. The van der Waals surface area contributed by atoms with Crippen LogP contribution in [0.15, 0.2) is 198 Å². The van der Waals surface area contributed by atoms with Gasteiger partial charge in [-0.3, -0.25) is 28.8 Å². The third-order valence-corrected chi connectivity index (χ3v) is 17.5. The number of amides is 2. The van der Waals surface area contributed by atoms with E-state index >= 15 is 0 Å². The molecule has 0 saturated heterocycles. The van der Waals surface area contributed by atoms with Gasteiger partial charge in [0.05, 0.1) is 22.8 Å². The van der Waals surface area contributed by atoms with Crippen molar-refractivity contribution in [2.45, 2.75) is 33.7 Å². The zero-order valence-electron chi connectivity index (χ0n) is 47.5. The van der Waals surface area contributed by atoms with Crippen molar-refractivity contribution in [1.29, 1.82) is 0 Å². The molecule has 15 rings (SSSR count). The van der Waals surface area contributed by atoms with E-state index in [4.69, 9.17) is 9.97 Å². The van der Waals surface area contributed by atoms with Crippen molar-refractivity contribution in [3.05, 3.63) is 266 Å². The molecule has 6 aromatic carbocycles. The molecule has 2 unspecified atom stereocenters. The molecule has 4 N–H and O–H groups in total. The van der Waals surface area contributed by atoms with Crippen LogP contribution in [0.25, 0.3) is 90.9 Å². The summed E-state index contributed by atoms with van der Waals surface area (Å²) in [6.07, 6.45) is 11.0. The standard InChI is InChI=1S/C75H52N6O6/c1-39-4-11-43(12-5-39)64-54-26-30-58(78-54)66(45-15-19-47(20-16-45)74(86)76-38-42-10-25-50-51(36-42)73(85)71-53-37-52(70(71)72(50)84)68-62(82)34-35-63(83)69(53)68)59-31-27-55(79-59)65(44-13-6-40(2)7-14-44)57-29-33-61(81-57)67(60-32-28-56(64)80-60)46-17-21-48(22-18-46)75(87)77-49-23-8-41(3)9-24-49/h4-36,52-53,78,81H,37-38H2,1-3H3,(H,76,86)(H,77,87). The van der Waals surface area contributed by atoms with Gasteiger partial charge in [-0.05, 0) is 164 Å². The maximum atomic E-state index is 14.2. The molecule has 5 heterocycles. The van der Waals surface area contributed by atoms with E-state index in [-0.39, 0.29) is 52.6 Å². The molecule has 2 aliphatic heterocycles. The van der Waals surface area contributed by atoms with Crippen LogP contribution in [0.3, 0.4) is 0 Å². The highest BCUT2D eigenvalue weighted by Gasteiger charge is 2.55. The van der Waals surface area contributed by atoms with Gasteiger partial charge in [0.1, 0.15) is 0 Å². The average Bonchev–Trinajstić information content (AvgIpc) is 1.57. The molecule has 87 heavy (non-hydrogen) atoms. The third kappa shape index (κ3) is 9.00. The normalized spacial score (nSPS) is 16.2. The summed E-state index contributed by atoms with van der Waals surface area (Å²) in [5.41, 5.74) is 20.6. The maximum absolute atomic E-state index is 14.2. The first-order valence-corrected chi connectivity index (χ1v) is 28.9. The van der Waals surface area contributed by atoms with E-state index in [0.717, 1.165) is 106 Å². The minimum absolute atomic E-state index is 0.0762. The fourth-order valence-electron chi connectivity index (χ4n) is 13.2. The predicted molar refractivity (Wildman–Crippen MR) is 340 cm³/mol. The summed E-state index contributed by atoms with van der Waals surface area (Å²) in [5.74, 6) is -2.90. The van der Waals surface area contributed by atoms with Crippen molar-refractivity contribution in [2.75, 3.05) is 5.32 Å². The van der Waals surface area contributed by atoms with Crippen molar-refractivity contribution in [3.8, 4) is 44.5 Å². The van der Waals surface area contributed by atoms with Gasteiger partial charge < -0.3 is 20.6 Å². The van der Waals surface area contributed by atoms with Crippen LogP contribution >= 0.6 is 0 Å². The number of aromatic amines is 2. The summed E-state index contributed by atoms with van der Waals surface area (Å²) in [4.78, 5) is 100. The van der Waals surface area contributed by atoms with Crippen LogP contribution in [0.4, 0.5) is 5.69 Å². The smallest absolute Gasteiger partial charge is 0.255 e. The Hall–Kier alpha value is -11.2. The topological polar surface area (TPSA) is 184 Å². The number of ketones is 4. The number of rotatable bonds is 9. The highest BCUT2D eigenvalue weighted by Crippen LogP contribution is 2.56. The Morgan fingerprint density at radius 1 is 0.425 bits per heavy atom. The van der Waals surface area contributed by atoms with Crippen LogP contribution in [0.2, 0.25) is 0 Å². The number of H-pyrrole nitrogens is 2. The Morgan fingerprint density at radius 3 is 1.23 bits per heavy atom. The van der Waals surface area contributed by atoms with Gasteiger partial charge in [0.2, 0.25) is 0 Å². The van der Waals surface area contributed by atoms with Crippen LogP contribution in [0, 0.1) is 32.6 Å². The molecule has 12 nitrogen and oxygen atoms in total. The summed E-state index contributed by atoms with van der Waals surface area (Å²) >= 11 is 0. The molecule has 0 spiro atoms. The molecule has 0 radical (unpaired) electrons. The molecule has 0 saturated carbocycles. The maximum Gasteiger partial charge on any atom is 0.255 e. The van der Waals surface area contributed by atoms with Gasteiger partial charge in [0.25, 0.3) is 11.8 Å². The molecule has 12 heteroatoms. The van der Waals surface area contributed by atoms with Crippen LogP contribution in [0.1, 0.15) is 92.9 Å². The minimum Gasteiger partial charge on any atom is -0.354 e. The minimum atomic E-state index is -0.590. The molecule has 418 valence electrons. The number of aromatic nitrogens is 4.